The van der Waals surface area contributed by atoms with Gasteiger partial charge in [0.25, 0.3) is 11.8 Å². The number of carbonyl (C=O) groups is 2. The first kappa shape index (κ1) is 18.3. The first-order valence-electron chi connectivity index (χ1n) is 9.29. The molecule has 8 heteroatoms. The van der Waals surface area contributed by atoms with Crippen molar-refractivity contribution in [2.45, 2.75) is 19.0 Å². The van der Waals surface area contributed by atoms with Gasteiger partial charge in [0.1, 0.15) is 10.5 Å². The molecule has 2 aliphatic rings. The highest BCUT2D eigenvalue weighted by Gasteiger charge is 2.56. The normalized spacial score (nSPS) is 20.6. The lowest BCUT2D eigenvalue weighted by Crippen LogP contribution is -2.58. The zero-order chi connectivity index (χ0) is 20.2. The Morgan fingerprint density at radius 3 is 2.62 bits per heavy atom. The summed E-state index contributed by atoms with van der Waals surface area (Å²) in [4.78, 5) is 31.1. The van der Waals surface area contributed by atoms with Gasteiger partial charge in [0.05, 0.1) is 5.69 Å². The fourth-order valence-electron chi connectivity index (χ4n) is 4.42. The van der Waals surface area contributed by atoms with Crippen LogP contribution in [0, 0.1) is 6.92 Å². The minimum atomic E-state index is -0.899. The molecule has 5 rings (SSSR count). The smallest absolute Gasteiger partial charge is 0.269 e. The lowest BCUT2D eigenvalue weighted by atomic mass is 9.83. The predicted octanol–water partition coefficient (Wildman–Crippen LogP) is 3.51. The van der Waals surface area contributed by atoms with Crippen LogP contribution in [0.4, 0.5) is 0 Å². The maximum atomic E-state index is 13.5. The number of hydrogen-bond donors (Lipinski definition) is 0. The van der Waals surface area contributed by atoms with Gasteiger partial charge < -0.3 is 9.80 Å². The van der Waals surface area contributed by atoms with E-state index in [0.717, 1.165) is 22.7 Å². The first-order valence-corrected chi connectivity index (χ1v) is 10.4. The van der Waals surface area contributed by atoms with Gasteiger partial charge in [-0.3, -0.25) is 9.59 Å². The van der Waals surface area contributed by atoms with Crippen LogP contribution in [0.2, 0.25) is 5.02 Å². The molecule has 0 N–H and O–H groups in total. The van der Waals surface area contributed by atoms with Crippen LogP contribution in [0.1, 0.15) is 36.9 Å². The van der Waals surface area contributed by atoms with Gasteiger partial charge in [0.15, 0.2) is 0 Å². The number of nitrogens with zero attached hydrogens (tertiary/aromatic N) is 4. The molecule has 1 saturated heterocycles. The molecule has 146 valence electrons. The van der Waals surface area contributed by atoms with E-state index in [1.54, 1.807) is 24.0 Å². The van der Waals surface area contributed by atoms with Crippen LogP contribution in [0.5, 0.6) is 0 Å². The van der Waals surface area contributed by atoms with Crippen molar-refractivity contribution in [3.8, 4) is 0 Å². The molecular formula is C21H17ClN4O2S. The number of fused-ring (bicyclic) bond motifs is 2. The second-order valence-electron chi connectivity index (χ2n) is 7.26. The number of hydrogen-bond acceptors (Lipinski definition) is 5. The molecule has 2 aromatic carbocycles. The third-order valence-electron chi connectivity index (χ3n) is 5.77. The van der Waals surface area contributed by atoms with Crippen LogP contribution in [0.3, 0.4) is 0 Å². The Morgan fingerprint density at radius 2 is 1.90 bits per heavy atom. The molecule has 6 nitrogen and oxygen atoms in total. The van der Waals surface area contributed by atoms with Gasteiger partial charge in [-0.1, -0.05) is 46.4 Å². The summed E-state index contributed by atoms with van der Waals surface area (Å²) in [6.07, 6.45) is 0.521. The van der Waals surface area contributed by atoms with Gasteiger partial charge in [0.2, 0.25) is 0 Å². The SMILES string of the molecule is Cc1nnsc1C(=O)N1CCN2C(=O)c3ccccc3CC21c1ccc(Cl)cc1. The third kappa shape index (κ3) is 2.61. The van der Waals surface area contributed by atoms with Crippen LogP contribution in [0.15, 0.2) is 48.5 Å². The van der Waals surface area contributed by atoms with E-state index in [-0.39, 0.29) is 11.8 Å². The predicted molar refractivity (Wildman–Crippen MR) is 110 cm³/mol. The Hall–Kier alpha value is -2.77. The van der Waals surface area contributed by atoms with Crippen molar-refractivity contribution in [3.05, 3.63) is 80.8 Å². The van der Waals surface area contributed by atoms with E-state index in [4.69, 9.17) is 11.6 Å². The average molecular weight is 425 g/mol. The number of amides is 2. The maximum absolute atomic E-state index is 13.5. The third-order valence-corrected chi connectivity index (χ3v) is 6.84. The van der Waals surface area contributed by atoms with Gasteiger partial charge >= 0.3 is 0 Å². The summed E-state index contributed by atoms with van der Waals surface area (Å²) in [5.74, 6) is -0.210. The summed E-state index contributed by atoms with van der Waals surface area (Å²) < 4.78 is 3.92. The summed E-state index contributed by atoms with van der Waals surface area (Å²) in [5.41, 5.74) is 2.20. The van der Waals surface area contributed by atoms with E-state index >= 15 is 0 Å². The van der Waals surface area contributed by atoms with Crippen LogP contribution >= 0.6 is 23.1 Å². The van der Waals surface area contributed by atoms with E-state index in [9.17, 15) is 9.59 Å². The van der Waals surface area contributed by atoms with Crippen LogP contribution in [-0.2, 0) is 12.1 Å². The maximum Gasteiger partial charge on any atom is 0.269 e. The van der Waals surface area contributed by atoms with E-state index in [1.807, 2.05) is 41.3 Å². The summed E-state index contributed by atoms with van der Waals surface area (Å²) in [5, 5.41) is 4.60. The zero-order valence-electron chi connectivity index (χ0n) is 15.6. The molecule has 1 atom stereocenters. The fourth-order valence-corrected chi connectivity index (χ4v) is 5.15. The molecule has 0 saturated carbocycles. The second-order valence-corrected chi connectivity index (χ2v) is 8.45. The van der Waals surface area contributed by atoms with Gasteiger partial charge in [-0.15, -0.1) is 5.10 Å². The van der Waals surface area contributed by atoms with E-state index in [2.05, 4.69) is 9.59 Å². The molecule has 2 amide bonds. The first-order chi connectivity index (χ1) is 14.0. The second kappa shape index (κ2) is 6.64. The average Bonchev–Trinajstić information content (AvgIpc) is 3.33. The van der Waals surface area contributed by atoms with Crippen molar-refractivity contribution in [2.24, 2.45) is 0 Å². The molecule has 0 bridgehead atoms. The molecule has 0 spiro atoms. The van der Waals surface area contributed by atoms with E-state index in [1.165, 1.54) is 0 Å². The van der Waals surface area contributed by atoms with Crippen molar-refractivity contribution in [1.82, 2.24) is 19.4 Å². The number of benzene rings is 2. The summed E-state index contributed by atoms with van der Waals surface area (Å²) in [7, 11) is 0. The van der Waals surface area contributed by atoms with Crippen molar-refractivity contribution in [2.75, 3.05) is 13.1 Å². The monoisotopic (exact) mass is 424 g/mol. The molecule has 1 fully saturated rings. The number of aromatic nitrogens is 2. The largest absolute Gasteiger partial charge is 0.309 e. The molecule has 2 aliphatic heterocycles. The Balaban J connectivity index is 1.71. The van der Waals surface area contributed by atoms with E-state index < -0.39 is 5.66 Å². The molecule has 0 radical (unpaired) electrons. The van der Waals surface area contributed by atoms with Crippen molar-refractivity contribution >= 4 is 34.9 Å². The quantitative estimate of drug-likeness (QED) is 0.631. The molecule has 3 aromatic rings. The summed E-state index contributed by atoms with van der Waals surface area (Å²) in [6.45, 7) is 2.69. The minimum absolute atomic E-state index is 0.0590. The number of halogens is 1. The van der Waals surface area contributed by atoms with Gasteiger partial charge in [0, 0.05) is 30.1 Å². The Bertz CT molecular complexity index is 1130. The lowest BCUT2D eigenvalue weighted by Gasteiger charge is -2.47. The standard InChI is InChI=1S/C21H17ClN4O2S/c1-13-18(29-24-23-13)20(28)26-11-10-25-19(27)17-5-3-2-4-14(17)12-21(25,26)15-6-8-16(22)9-7-15/h2-9H,10-12H2,1H3. The molecule has 1 aromatic heterocycles. The fraction of sp³-hybridized carbons (Fsp3) is 0.238. The molecule has 29 heavy (non-hydrogen) atoms. The molecule has 0 aliphatic carbocycles. The highest BCUT2D eigenvalue weighted by atomic mass is 35.5. The molecule has 1 unspecified atom stereocenters. The number of carbonyl (C=O) groups excluding carboxylic acids is 2. The van der Waals surface area contributed by atoms with E-state index in [0.29, 0.717) is 40.7 Å². The number of rotatable bonds is 2. The minimum Gasteiger partial charge on any atom is -0.309 e. The van der Waals surface area contributed by atoms with Gasteiger partial charge in [-0.2, -0.15) is 0 Å². The Morgan fingerprint density at radius 1 is 1.14 bits per heavy atom. The van der Waals surface area contributed by atoms with Crippen LogP contribution in [-0.4, -0.2) is 44.3 Å². The topological polar surface area (TPSA) is 66.4 Å². The zero-order valence-corrected chi connectivity index (χ0v) is 17.2. The van der Waals surface area contributed by atoms with Crippen LogP contribution < -0.4 is 0 Å². The highest BCUT2D eigenvalue weighted by molar-refractivity contribution is 7.08. The number of aryl methyl sites for hydroxylation is 1. The van der Waals surface area contributed by atoms with Crippen LogP contribution in [0.25, 0.3) is 0 Å². The summed E-state index contributed by atoms with van der Waals surface area (Å²) >= 11 is 7.22. The van der Waals surface area contributed by atoms with Crippen molar-refractivity contribution < 1.29 is 9.59 Å². The Kier molecular flexibility index (Phi) is 4.18. The summed E-state index contributed by atoms with van der Waals surface area (Å²) in [6, 6.07) is 15.0. The lowest BCUT2D eigenvalue weighted by molar-refractivity contribution is 0.00794. The van der Waals surface area contributed by atoms with Crippen molar-refractivity contribution in [3.63, 3.8) is 0 Å². The molecular weight excluding hydrogens is 408 g/mol. The van der Waals surface area contributed by atoms with Gasteiger partial charge in [-0.25, -0.2) is 0 Å². The van der Waals surface area contributed by atoms with Gasteiger partial charge in [-0.05, 0) is 47.8 Å². The molecule has 3 heterocycles. The highest BCUT2D eigenvalue weighted by Crippen LogP contribution is 2.45. The van der Waals surface area contributed by atoms with Crippen molar-refractivity contribution in [1.29, 1.82) is 0 Å². The Labute approximate surface area is 176 Å².